The van der Waals surface area contributed by atoms with Gasteiger partial charge in [-0.15, -0.1) is 0 Å². The summed E-state index contributed by atoms with van der Waals surface area (Å²) >= 11 is 0. The molecule has 0 aromatic heterocycles. The number of rotatable bonds is 6. The molecule has 0 aromatic carbocycles. The fourth-order valence-corrected chi connectivity index (χ4v) is 2.09. The summed E-state index contributed by atoms with van der Waals surface area (Å²) in [6, 6.07) is 0. The van der Waals surface area contributed by atoms with E-state index in [1.54, 1.807) is 0 Å². The Bertz CT molecular complexity index is 137. The van der Waals surface area contributed by atoms with Crippen LogP contribution >= 0.6 is 0 Å². The molecule has 0 amide bonds. The van der Waals surface area contributed by atoms with Crippen molar-refractivity contribution in [2.24, 2.45) is 29.6 Å². The van der Waals surface area contributed by atoms with Crippen LogP contribution in [0, 0.1) is 29.6 Å². The molecule has 0 saturated carbocycles. The molecule has 0 nitrogen and oxygen atoms in total. The molecule has 0 N–H and O–H groups in total. The van der Waals surface area contributed by atoms with E-state index in [1.165, 1.54) is 12.8 Å². The Balaban J connectivity index is 3.98. The third-order valence-electron chi connectivity index (χ3n) is 4.31. The Morgan fingerprint density at radius 1 is 0.714 bits per heavy atom. The summed E-state index contributed by atoms with van der Waals surface area (Å²) in [4.78, 5) is 0. The molecule has 4 atom stereocenters. The van der Waals surface area contributed by atoms with E-state index in [-0.39, 0.29) is 0 Å². The van der Waals surface area contributed by atoms with E-state index in [4.69, 9.17) is 0 Å². The molecule has 0 aliphatic rings. The molecular formula is C14H30. The highest BCUT2D eigenvalue weighted by Crippen LogP contribution is 2.29. The highest BCUT2D eigenvalue weighted by Gasteiger charge is 2.20. The second-order valence-electron chi connectivity index (χ2n) is 5.68. The Labute approximate surface area is 91.5 Å². The van der Waals surface area contributed by atoms with Crippen molar-refractivity contribution in [2.75, 3.05) is 0 Å². The number of hydrogen-bond donors (Lipinski definition) is 0. The topological polar surface area (TPSA) is 0 Å². The van der Waals surface area contributed by atoms with Crippen LogP contribution in [-0.4, -0.2) is 0 Å². The van der Waals surface area contributed by atoms with Crippen molar-refractivity contribution in [3.8, 4) is 0 Å². The van der Waals surface area contributed by atoms with Crippen molar-refractivity contribution in [3.05, 3.63) is 0 Å². The maximum Gasteiger partial charge on any atom is -0.0394 e. The lowest BCUT2D eigenvalue weighted by molar-refractivity contribution is 0.221. The molecule has 0 heteroatoms. The van der Waals surface area contributed by atoms with E-state index in [1.807, 2.05) is 0 Å². The van der Waals surface area contributed by atoms with Gasteiger partial charge in [-0.1, -0.05) is 54.9 Å². The van der Waals surface area contributed by atoms with Gasteiger partial charge < -0.3 is 0 Å². The zero-order valence-corrected chi connectivity index (χ0v) is 11.3. The Morgan fingerprint density at radius 2 is 1.21 bits per heavy atom. The van der Waals surface area contributed by atoms with Gasteiger partial charge in [0.2, 0.25) is 0 Å². The summed E-state index contributed by atoms with van der Waals surface area (Å²) in [5.74, 6) is 4.34. The van der Waals surface area contributed by atoms with E-state index >= 15 is 0 Å². The van der Waals surface area contributed by atoms with Gasteiger partial charge in [0, 0.05) is 0 Å². The van der Waals surface area contributed by atoms with Gasteiger partial charge in [0.25, 0.3) is 0 Å². The summed E-state index contributed by atoms with van der Waals surface area (Å²) in [6.45, 7) is 16.6. The van der Waals surface area contributed by atoms with Crippen LogP contribution in [0.5, 0.6) is 0 Å². The van der Waals surface area contributed by atoms with Crippen LogP contribution in [0.3, 0.4) is 0 Å². The smallest absolute Gasteiger partial charge is 0.0394 e. The minimum Gasteiger partial charge on any atom is -0.0651 e. The Morgan fingerprint density at radius 3 is 1.57 bits per heavy atom. The summed E-state index contributed by atoms with van der Waals surface area (Å²) in [7, 11) is 0. The van der Waals surface area contributed by atoms with E-state index in [0.717, 1.165) is 29.6 Å². The average molecular weight is 198 g/mol. The molecule has 4 unspecified atom stereocenters. The summed E-state index contributed by atoms with van der Waals surface area (Å²) < 4.78 is 0. The van der Waals surface area contributed by atoms with Crippen LogP contribution in [0.2, 0.25) is 0 Å². The predicted octanol–water partition coefficient (Wildman–Crippen LogP) is 4.99. The largest absolute Gasteiger partial charge is 0.0651 e. The molecule has 0 bridgehead atoms. The van der Waals surface area contributed by atoms with Crippen LogP contribution in [0.25, 0.3) is 0 Å². The lowest BCUT2D eigenvalue weighted by Gasteiger charge is -2.28. The third-order valence-corrected chi connectivity index (χ3v) is 4.31. The molecule has 0 spiro atoms. The van der Waals surface area contributed by atoms with Gasteiger partial charge in [-0.25, -0.2) is 0 Å². The predicted molar refractivity (Wildman–Crippen MR) is 66.4 cm³/mol. The Kier molecular flexibility index (Phi) is 6.48. The first-order chi connectivity index (χ1) is 6.40. The van der Waals surface area contributed by atoms with Gasteiger partial charge in [-0.05, 0) is 36.0 Å². The van der Waals surface area contributed by atoms with Crippen molar-refractivity contribution in [1.29, 1.82) is 0 Å². The maximum atomic E-state index is 2.42. The van der Waals surface area contributed by atoms with Gasteiger partial charge in [-0.3, -0.25) is 0 Å². The van der Waals surface area contributed by atoms with Crippen molar-refractivity contribution >= 4 is 0 Å². The molecule has 0 heterocycles. The molecule has 0 fully saturated rings. The molecule has 0 saturated heterocycles. The quantitative estimate of drug-likeness (QED) is 0.564. The first-order valence-electron chi connectivity index (χ1n) is 6.40. The zero-order chi connectivity index (χ0) is 11.3. The van der Waals surface area contributed by atoms with Crippen LogP contribution < -0.4 is 0 Å². The van der Waals surface area contributed by atoms with Crippen molar-refractivity contribution < 1.29 is 0 Å². The third kappa shape index (κ3) is 4.48. The molecule has 0 radical (unpaired) electrons. The van der Waals surface area contributed by atoms with Gasteiger partial charge in [0.1, 0.15) is 0 Å². The van der Waals surface area contributed by atoms with Crippen LogP contribution in [0.4, 0.5) is 0 Å². The van der Waals surface area contributed by atoms with Gasteiger partial charge in [0.05, 0.1) is 0 Å². The zero-order valence-electron chi connectivity index (χ0n) is 11.3. The SMILES string of the molecule is CCC(C)C(C)CC(C)C(C)C(C)C. The lowest BCUT2D eigenvalue weighted by atomic mass is 9.78. The minimum absolute atomic E-state index is 0.828. The average Bonchev–Trinajstić information content (AvgIpc) is 2.14. The van der Waals surface area contributed by atoms with E-state index in [0.29, 0.717) is 0 Å². The van der Waals surface area contributed by atoms with Gasteiger partial charge in [-0.2, -0.15) is 0 Å². The van der Waals surface area contributed by atoms with Crippen LogP contribution in [0.1, 0.15) is 61.3 Å². The summed E-state index contributed by atoms with van der Waals surface area (Å²) in [6.07, 6.45) is 2.72. The standard InChI is InChI=1S/C14H30/c1-8-11(4)12(5)9-13(6)14(7)10(2)3/h10-14H,8-9H2,1-7H3. The van der Waals surface area contributed by atoms with E-state index < -0.39 is 0 Å². The fourth-order valence-electron chi connectivity index (χ4n) is 2.09. The summed E-state index contributed by atoms with van der Waals surface area (Å²) in [5, 5.41) is 0. The van der Waals surface area contributed by atoms with E-state index in [9.17, 15) is 0 Å². The second-order valence-corrected chi connectivity index (χ2v) is 5.68. The normalized spacial score (nSPS) is 20.6. The highest BCUT2D eigenvalue weighted by atomic mass is 14.3. The summed E-state index contributed by atoms with van der Waals surface area (Å²) in [5.41, 5.74) is 0. The van der Waals surface area contributed by atoms with Crippen molar-refractivity contribution in [1.82, 2.24) is 0 Å². The van der Waals surface area contributed by atoms with Gasteiger partial charge >= 0.3 is 0 Å². The molecule has 14 heavy (non-hydrogen) atoms. The molecule has 86 valence electrons. The first kappa shape index (κ1) is 14.0. The molecule has 0 rings (SSSR count). The fraction of sp³-hybridized carbons (Fsp3) is 1.00. The molecule has 0 aliphatic carbocycles. The van der Waals surface area contributed by atoms with Crippen LogP contribution in [0.15, 0.2) is 0 Å². The second kappa shape index (κ2) is 6.48. The van der Waals surface area contributed by atoms with Gasteiger partial charge in [0.15, 0.2) is 0 Å². The maximum absolute atomic E-state index is 2.42. The minimum atomic E-state index is 0.828. The number of hydrogen-bond acceptors (Lipinski definition) is 0. The van der Waals surface area contributed by atoms with E-state index in [2.05, 4.69) is 48.5 Å². The monoisotopic (exact) mass is 198 g/mol. The molecule has 0 aromatic rings. The highest BCUT2D eigenvalue weighted by molar-refractivity contribution is 4.70. The molecular weight excluding hydrogens is 168 g/mol. The van der Waals surface area contributed by atoms with Crippen molar-refractivity contribution in [3.63, 3.8) is 0 Å². The first-order valence-corrected chi connectivity index (χ1v) is 6.40. The lowest BCUT2D eigenvalue weighted by Crippen LogP contribution is -2.19. The molecule has 0 aliphatic heterocycles. The Hall–Kier alpha value is 0. The van der Waals surface area contributed by atoms with Crippen molar-refractivity contribution in [2.45, 2.75) is 61.3 Å². The van der Waals surface area contributed by atoms with Crippen LogP contribution in [-0.2, 0) is 0 Å².